The Kier molecular flexibility index (Phi) is 6.47. The van der Waals surface area contributed by atoms with Gasteiger partial charge in [0.1, 0.15) is 6.33 Å². The quantitative estimate of drug-likeness (QED) is 0.863. The highest BCUT2D eigenvalue weighted by Crippen LogP contribution is 2.33. The van der Waals surface area contributed by atoms with Gasteiger partial charge in [0.15, 0.2) is 11.5 Å². The van der Waals surface area contributed by atoms with E-state index >= 15 is 0 Å². The fourth-order valence-electron chi connectivity index (χ4n) is 3.48. The number of hydrogen-bond acceptors (Lipinski definition) is 6. The smallest absolute Gasteiger partial charge is 0.254 e. The van der Waals surface area contributed by atoms with Gasteiger partial charge in [0.25, 0.3) is 5.91 Å². The molecule has 1 fully saturated rings. The third-order valence-corrected chi connectivity index (χ3v) is 4.83. The number of hydrogen-bond donors (Lipinski definition) is 1. The lowest BCUT2D eigenvalue weighted by atomic mass is 10.0. The summed E-state index contributed by atoms with van der Waals surface area (Å²) in [4.78, 5) is 23.4. The van der Waals surface area contributed by atoms with Crippen LogP contribution in [0, 0.1) is 0 Å². The van der Waals surface area contributed by atoms with Crippen LogP contribution in [-0.4, -0.2) is 46.7 Å². The van der Waals surface area contributed by atoms with Gasteiger partial charge in [-0.1, -0.05) is 0 Å². The van der Waals surface area contributed by atoms with Gasteiger partial charge >= 0.3 is 0 Å². The lowest BCUT2D eigenvalue weighted by molar-refractivity contribution is 0.0644. The molecule has 1 aromatic carbocycles. The van der Waals surface area contributed by atoms with Gasteiger partial charge in [0.2, 0.25) is 6.79 Å². The van der Waals surface area contributed by atoms with E-state index in [1.54, 1.807) is 30.6 Å². The first kappa shape index (κ1) is 19.4. The Labute approximate surface area is 164 Å². The number of carbonyl (C=O) groups is 1. The summed E-state index contributed by atoms with van der Waals surface area (Å²) in [6.07, 6.45) is 8.01. The average Bonchev–Trinajstić information content (AvgIpc) is 2.99. The maximum Gasteiger partial charge on any atom is 0.254 e. The number of benzene rings is 1. The molecule has 8 heteroatoms. The third-order valence-electron chi connectivity index (χ3n) is 4.83. The molecule has 1 aromatic heterocycles. The molecule has 1 N–H and O–H groups in total. The number of ether oxygens (including phenoxy) is 2. The van der Waals surface area contributed by atoms with Crippen molar-refractivity contribution in [2.75, 3.05) is 19.9 Å². The largest absolute Gasteiger partial charge is 0.454 e. The zero-order valence-corrected chi connectivity index (χ0v) is 15.8. The van der Waals surface area contributed by atoms with Crippen molar-refractivity contribution in [2.24, 2.45) is 0 Å². The molecule has 144 valence electrons. The van der Waals surface area contributed by atoms with Crippen molar-refractivity contribution in [1.82, 2.24) is 20.2 Å². The Morgan fingerprint density at radius 1 is 1.15 bits per heavy atom. The number of carbonyl (C=O) groups excluding carboxylic acids is 1. The minimum absolute atomic E-state index is 0. The Morgan fingerprint density at radius 3 is 2.81 bits per heavy atom. The molecule has 0 saturated carbocycles. The van der Waals surface area contributed by atoms with E-state index in [0.717, 1.165) is 37.9 Å². The summed E-state index contributed by atoms with van der Waals surface area (Å²) in [5, 5.41) is 3.41. The molecule has 0 radical (unpaired) electrons. The molecule has 3 heterocycles. The van der Waals surface area contributed by atoms with E-state index < -0.39 is 0 Å². The van der Waals surface area contributed by atoms with Gasteiger partial charge < -0.3 is 19.7 Å². The number of nitrogens with zero attached hydrogens (tertiary/aromatic N) is 3. The number of fused-ring (bicyclic) bond motifs is 1. The summed E-state index contributed by atoms with van der Waals surface area (Å²) in [6.45, 7) is 2.61. The van der Waals surface area contributed by atoms with Crippen molar-refractivity contribution in [2.45, 2.75) is 31.8 Å². The summed E-state index contributed by atoms with van der Waals surface area (Å²) in [7, 11) is 0. The molecular weight excluding hydrogens is 368 g/mol. The molecule has 2 aliphatic heterocycles. The minimum atomic E-state index is -0.000877. The lowest BCUT2D eigenvalue weighted by Crippen LogP contribution is -2.40. The van der Waals surface area contributed by atoms with Crippen LogP contribution in [-0.2, 0) is 6.54 Å². The molecule has 7 nitrogen and oxygen atoms in total. The molecule has 0 aliphatic carbocycles. The summed E-state index contributed by atoms with van der Waals surface area (Å²) < 4.78 is 10.8. The zero-order valence-electron chi connectivity index (χ0n) is 15.0. The predicted octanol–water partition coefficient (Wildman–Crippen LogP) is 2.41. The minimum Gasteiger partial charge on any atom is -0.454 e. The molecule has 2 aliphatic rings. The monoisotopic (exact) mass is 390 g/mol. The second-order valence-electron chi connectivity index (χ2n) is 6.58. The normalized spacial score (nSPS) is 18.3. The van der Waals surface area contributed by atoms with Crippen LogP contribution < -0.4 is 14.8 Å². The molecule has 2 aromatic rings. The second kappa shape index (κ2) is 9.01. The van der Waals surface area contributed by atoms with Crippen LogP contribution in [0.5, 0.6) is 11.5 Å². The van der Waals surface area contributed by atoms with Gasteiger partial charge in [-0.3, -0.25) is 4.79 Å². The summed E-state index contributed by atoms with van der Waals surface area (Å²) >= 11 is 0. The van der Waals surface area contributed by atoms with Crippen LogP contribution in [0.4, 0.5) is 0 Å². The first-order valence-electron chi connectivity index (χ1n) is 8.96. The van der Waals surface area contributed by atoms with Crippen molar-refractivity contribution in [1.29, 1.82) is 0 Å². The topological polar surface area (TPSA) is 76.6 Å². The van der Waals surface area contributed by atoms with Gasteiger partial charge in [0.05, 0.1) is 0 Å². The summed E-state index contributed by atoms with van der Waals surface area (Å²) in [5.41, 5.74) is 1.54. The highest BCUT2D eigenvalue weighted by molar-refractivity contribution is 5.95. The van der Waals surface area contributed by atoms with Crippen molar-refractivity contribution in [3.63, 3.8) is 0 Å². The van der Waals surface area contributed by atoms with E-state index in [1.807, 2.05) is 4.90 Å². The molecule has 1 unspecified atom stereocenters. The SMILES string of the molecule is Cl.O=C(c1ccc2c(c1)OCO2)N(Cc1cncnc1)C1CCCNCC1. The Balaban J connectivity index is 0.00000210. The standard InChI is InChI=1S/C19H22N4O3.ClH/c24-19(15-3-4-17-18(8-15)26-13-25-17)23(11-14-9-21-12-22-10-14)16-2-1-6-20-7-5-16;/h3-4,8-10,12,16,20H,1-2,5-7,11,13H2;1H. The van der Waals surface area contributed by atoms with Crippen molar-refractivity contribution >= 4 is 18.3 Å². The molecular formula is C19H23ClN4O3. The molecule has 27 heavy (non-hydrogen) atoms. The van der Waals surface area contributed by atoms with E-state index in [2.05, 4.69) is 15.3 Å². The predicted molar refractivity (Wildman–Crippen MR) is 102 cm³/mol. The highest BCUT2D eigenvalue weighted by Gasteiger charge is 2.27. The molecule has 4 rings (SSSR count). The van der Waals surface area contributed by atoms with E-state index in [1.165, 1.54) is 6.33 Å². The Bertz CT molecular complexity index is 767. The summed E-state index contributed by atoms with van der Waals surface area (Å²) in [6, 6.07) is 5.56. The number of halogens is 1. The van der Waals surface area contributed by atoms with Crippen LogP contribution in [0.3, 0.4) is 0 Å². The van der Waals surface area contributed by atoms with Crippen LogP contribution in [0.1, 0.15) is 35.2 Å². The zero-order chi connectivity index (χ0) is 17.8. The van der Waals surface area contributed by atoms with Crippen molar-refractivity contribution in [3.05, 3.63) is 48.0 Å². The van der Waals surface area contributed by atoms with Crippen LogP contribution >= 0.6 is 12.4 Å². The van der Waals surface area contributed by atoms with Crippen LogP contribution in [0.25, 0.3) is 0 Å². The molecule has 1 saturated heterocycles. The highest BCUT2D eigenvalue weighted by atomic mass is 35.5. The third kappa shape index (κ3) is 4.48. The fraction of sp³-hybridized carbons (Fsp3) is 0.421. The van der Waals surface area contributed by atoms with Gasteiger partial charge in [0, 0.05) is 36.1 Å². The van der Waals surface area contributed by atoms with Crippen LogP contribution in [0.2, 0.25) is 0 Å². The fourth-order valence-corrected chi connectivity index (χ4v) is 3.48. The molecule has 0 bridgehead atoms. The molecule has 1 amide bonds. The Hall–Kier alpha value is -2.38. The van der Waals surface area contributed by atoms with E-state index in [9.17, 15) is 4.79 Å². The average molecular weight is 391 g/mol. The molecule has 1 atom stereocenters. The van der Waals surface area contributed by atoms with E-state index in [-0.39, 0.29) is 31.1 Å². The number of nitrogens with one attached hydrogen (secondary N) is 1. The van der Waals surface area contributed by atoms with Crippen molar-refractivity contribution < 1.29 is 14.3 Å². The Morgan fingerprint density at radius 2 is 1.96 bits per heavy atom. The first-order valence-corrected chi connectivity index (χ1v) is 8.96. The first-order chi connectivity index (χ1) is 12.8. The van der Waals surface area contributed by atoms with Gasteiger partial charge in [-0.2, -0.15) is 0 Å². The van der Waals surface area contributed by atoms with Crippen molar-refractivity contribution in [3.8, 4) is 11.5 Å². The maximum absolute atomic E-state index is 13.3. The summed E-state index contributed by atoms with van der Waals surface area (Å²) in [5.74, 6) is 1.31. The number of amides is 1. The number of aromatic nitrogens is 2. The van der Waals surface area contributed by atoms with Gasteiger partial charge in [-0.15, -0.1) is 12.4 Å². The van der Waals surface area contributed by atoms with E-state index in [4.69, 9.17) is 9.47 Å². The van der Waals surface area contributed by atoms with Gasteiger partial charge in [-0.25, -0.2) is 9.97 Å². The van der Waals surface area contributed by atoms with Crippen LogP contribution in [0.15, 0.2) is 36.9 Å². The van der Waals surface area contributed by atoms with Gasteiger partial charge in [-0.05, 0) is 50.6 Å². The lowest BCUT2D eigenvalue weighted by Gasteiger charge is -2.31. The maximum atomic E-state index is 13.3. The second-order valence-corrected chi connectivity index (χ2v) is 6.58. The molecule has 0 spiro atoms. The number of rotatable bonds is 4. The van der Waals surface area contributed by atoms with E-state index in [0.29, 0.717) is 23.6 Å².